The van der Waals surface area contributed by atoms with Gasteiger partial charge in [0, 0.05) is 25.7 Å². The Morgan fingerprint density at radius 3 is 2.62 bits per heavy atom. The van der Waals surface area contributed by atoms with E-state index in [0.29, 0.717) is 44.9 Å². The van der Waals surface area contributed by atoms with E-state index in [2.05, 4.69) is 39.9 Å². The van der Waals surface area contributed by atoms with E-state index in [0.717, 1.165) is 5.56 Å². The molecule has 2 heterocycles. The van der Waals surface area contributed by atoms with Gasteiger partial charge in [0.25, 0.3) is 5.91 Å². The molecule has 2 aromatic rings. The number of anilines is 1. The lowest BCUT2D eigenvalue weighted by Crippen LogP contribution is -2.46. The first-order valence-electron chi connectivity index (χ1n) is 9.91. The summed E-state index contributed by atoms with van der Waals surface area (Å²) >= 11 is 0. The van der Waals surface area contributed by atoms with Crippen molar-refractivity contribution in [3.8, 4) is 0 Å². The van der Waals surface area contributed by atoms with Gasteiger partial charge in [-0.05, 0) is 44.4 Å². The van der Waals surface area contributed by atoms with Gasteiger partial charge in [-0.3, -0.25) is 4.79 Å². The predicted octanol–water partition coefficient (Wildman–Crippen LogP) is 2.75. The zero-order valence-electron chi connectivity index (χ0n) is 16.9. The number of amides is 2. The maximum absolute atomic E-state index is 12.4. The number of likely N-dealkylation sites (tertiary alicyclic amines) is 1. The van der Waals surface area contributed by atoms with Crippen molar-refractivity contribution in [2.45, 2.75) is 39.3 Å². The molecule has 1 aromatic carbocycles. The minimum Gasteiger partial charge on any atom is -0.450 e. The summed E-state index contributed by atoms with van der Waals surface area (Å²) < 4.78 is 5.01. The molecule has 0 atom stereocenters. The largest absolute Gasteiger partial charge is 0.450 e. The summed E-state index contributed by atoms with van der Waals surface area (Å²) in [4.78, 5) is 25.8. The minimum absolute atomic E-state index is 0.00842. The van der Waals surface area contributed by atoms with Gasteiger partial charge in [0.15, 0.2) is 5.69 Å². The number of ether oxygens (including phenoxy) is 1. The quantitative estimate of drug-likeness (QED) is 0.778. The van der Waals surface area contributed by atoms with E-state index in [4.69, 9.17) is 4.74 Å². The van der Waals surface area contributed by atoms with Gasteiger partial charge >= 0.3 is 6.09 Å². The van der Waals surface area contributed by atoms with Crippen LogP contribution in [0.2, 0.25) is 0 Å². The molecule has 0 saturated carbocycles. The molecule has 1 aromatic heterocycles. The number of aromatic nitrogens is 2. The van der Waals surface area contributed by atoms with Crippen LogP contribution in [-0.4, -0.2) is 52.8 Å². The molecule has 0 aliphatic carbocycles. The molecule has 1 aliphatic heterocycles. The van der Waals surface area contributed by atoms with Crippen LogP contribution in [0.5, 0.6) is 0 Å². The molecule has 1 aliphatic rings. The zero-order chi connectivity index (χ0) is 20.6. The van der Waals surface area contributed by atoms with Crippen LogP contribution in [0.15, 0.2) is 36.4 Å². The van der Waals surface area contributed by atoms with Gasteiger partial charge in [-0.1, -0.05) is 29.8 Å². The van der Waals surface area contributed by atoms with Gasteiger partial charge < -0.3 is 20.3 Å². The van der Waals surface area contributed by atoms with Crippen molar-refractivity contribution >= 4 is 17.8 Å². The highest BCUT2D eigenvalue weighted by atomic mass is 16.6. The Morgan fingerprint density at radius 1 is 1.17 bits per heavy atom. The van der Waals surface area contributed by atoms with Crippen LogP contribution >= 0.6 is 0 Å². The van der Waals surface area contributed by atoms with Crippen molar-refractivity contribution < 1.29 is 14.3 Å². The Balaban J connectivity index is 1.46. The maximum Gasteiger partial charge on any atom is 0.409 e. The summed E-state index contributed by atoms with van der Waals surface area (Å²) in [7, 11) is 0. The number of nitrogens with zero attached hydrogens (tertiary/aromatic N) is 3. The van der Waals surface area contributed by atoms with Crippen molar-refractivity contribution in [1.82, 2.24) is 20.4 Å². The summed E-state index contributed by atoms with van der Waals surface area (Å²) in [5.41, 5.74) is 2.64. The minimum atomic E-state index is -0.295. The standard InChI is InChI=1S/C21H27N5O3/c1-3-29-21(28)26-11-9-17(10-12-26)23-20(27)18-7-8-19(25-24-18)22-14-16-6-4-5-15(2)13-16/h4-8,13,17H,3,9-12,14H2,1-2H3,(H,22,25)(H,23,27). The second-order valence-electron chi connectivity index (χ2n) is 7.08. The molecule has 3 rings (SSSR count). The molecule has 2 N–H and O–H groups in total. The number of piperidine rings is 1. The summed E-state index contributed by atoms with van der Waals surface area (Å²) in [6, 6.07) is 11.6. The summed E-state index contributed by atoms with van der Waals surface area (Å²) in [5.74, 6) is 0.364. The lowest BCUT2D eigenvalue weighted by Gasteiger charge is -2.31. The first-order valence-corrected chi connectivity index (χ1v) is 9.91. The van der Waals surface area contributed by atoms with E-state index in [9.17, 15) is 9.59 Å². The third-order valence-corrected chi connectivity index (χ3v) is 4.81. The normalized spacial score (nSPS) is 14.3. The molecule has 0 bridgehead atoms. The monoisotopic (exact) mass is 397 g/mol. The number of carbonyl (C=O) groups is 2. The van der Waals surface area contributed by atoms with Gasteiger partial charge in [-0.25, -0.2) is 4.79 Å². The third kappa shape index (κ3) is 5.91. The molecule has 1 fully saturated rings. The van der Waals surface area contributed by atoms with Crippen LogP contribution in [-0.2, 0) is 11.3 Å². The topological polar surface area (TPSA) is 96.5 Å². The molecular formula is C21H27N5O3. The van der Waals surface area contributed by atoms with Gasteiger partial charge in [-0.15, -0.1) is 10.2 Å². The smallest absolute Gasteiger partial charge is 0.409 e. The van der Waals surface area contributed by atoms with Crippen LogP contribution < -0.4 is 10.6 Å². The fourth-order valence-electron chi connectivity index (χ4n) is 3.24. The highest BCUT2D eigenvalue weighted by Crippen LogP contribution is 2.13. The van der Waals surface area contributed by atoms with Gasteiger partial charge in [0.1, 0.15) is 5.82 Å². The number of nitrogens with one attached hydrogen (secondary N) is 2. The average molecular weight is 397 g/mol. The molecule has 2 amide bonds. The fourth-order valence-corrected chi connectivity index (χ4v) is 3.24. The lowest BCUT2D eigenvalue weighted by molar-refractivity contribution is 0.0856. The lowest BCUT2D eigenvalue weighted by atomic mass is 10.1. The Hall–Kier alpha value is -3.16. The van der Waals surface area contributed by atoms with E-state index in [1.165, 1.54) is 5.56 Å². The number of benzene rings is 1. The van der Waals surface area contributed by atoms with Crippen molar-refractivity contribution in [3.63, 3.8) is 0 Å². The predicted molar refractivity (Wildman–Crippen MR) is 110 cm³/mol. The molecule has 1 saturated heterocycles. The van der Waals surface area contributed by atoms with E-state index in [1.54, 1.807) is 24.0 Å². The van der Waals surface area contributed by atoms with Crippen molar-refractivity contribution in [3.05, 3.63) is 53.2 Å². The second-order valence-corrected chi connectivity index (χ2v) is 7.08. The van der Waals surface area contributed by atoms with Crippen molar-refractivity contribution in [2.24, 2.45) is 0 Å². The number of rotatable bonds is 6. The first kappa shape index (κ1) is 20.6. The highest BCUT2D eigenvalue weighted by Gasteiger charge is 2.25. The fraction of sp³-hybridized carbons (Fsp3) is 0.429. The van der Waals surface area contributed by atoms with Crippen LogP contribution in [0.3, 0.4) is 0 Å². The van der Waals surface area contributed by atoms with Gasteiger partial charge in [0.05, 0.1) is 6.61 Å². The molecule has 8 heteroatoms. The number of carbonyl (C=O) groups excluding carboxylic acids is 2. The summed E-state index contributed by atoms with van der Waals surface area (Å²) in [6.45, 7) is 5.98. The Bertz CT molecular complexity index is 832. The highest BCUT2D eigenvalue weighted by molar-refractivity contribution is 5.92. The summed E-state index contributed by atoms with van der Waals surface area (Å²) in [5, 5.41) is 14.3. The molecule has 8 nitrogen and oxygen atoms in total. The Kier molecular flexibility index (Phi) is 6.99. The first-order chi connectivity index (χ1) is 14.0. The SMILES string of the molecule is CCOC(=O)N1CCC(NC(=O)c2ccc(NCc3cccc(C)c3)nn2)CC1. The van der Waals surface area contributed by atoms with Gasteiger partial charge in [0.2, 0.25) is 0 Å². The van der Waals surface area contributed by atoms with E-state index >= 15 is 0 Å². The van der Waals surface area contributed by atoms with Crippen molar-refractivity contribution in [1.29, 1.82) is 0 Å². The molecule has 0 spiro atoms. The van der Waals surface area contributed by atoms with E-state index < -0.39 is 0 Å². The molecule has 29 heavy (non-hydrogen) atoms. The average Bonchev–Trinajstić information content (AvgIpc) is 2.73. The zero-order valence-corrected chi connectivity index (χ0v) is 16.9. The summed E-state index contributed by atoms with van der Waals surface area (Å²) in [6.07, 6.45) is 1.08. The van der Waals surface area contributed by atoms with Crippen molar-refractivity contribution in [2.75, 3.05) is 25.0 Å². The maximum atomic E-state index is 12.4. The third-order valence-electron chi connectivity index (χ3n) is 4.81. The Morgan fingerprint density at radius 2 is 1.97 bits per heavy atom. The van der Waals surface area contributed by atoms with Crippen LogP contribution in [0.1, 0.15) is 41.4 Å². The number of hydrogen-bond acceptors (Lipinski definition) is 6. The van der Waals surface area contributed by atoms with E-state index in [-0.39, 0.29) is 23.7 Å². The van der Waals surface area contributed by atoms with Gasteiger partial charge in [-0.2, -0.15) is 0 Å². The number of hydrogen-bond donors (Lipinski definition) is 2. The van der Waals surface area contributed by atoms with Crippen LogP contribution in [0.25, 0.3) is 0 Å². The van der Waals surface area contributed by atoms with Crippen LogP contribution in [0, 0.1) is 6.92 Å². The number of aryl methyl sites for hydroxylation is 1. The second kappa shape index (κ2) is 9.86. The Labute approximate surface area is 170 Å². The van der Waals surface area contributed by atoms with E-state index in [1.807, 2.05) is 12.1 Å². The van der Waals surface area contributed by atoms with Crippen LogP contribution in [0.4, 0.5) is 10.6 Å². The molecule has 0 unspecified atom stereocenters. The molecule has 154 valence electrons. The molecule has 0 radical (unpaired) electrons. The molecular weight excluding hydrogens is 370 g/mol.